The summed E-state index contributed by atoms with van der Waals surface area (Å²) in [5.41, 5.74) is 1.52. The topological polar surface area (TPSA) is 48.2 Å². The number of hydrogen-bond donors (Lipinski definition) is 0. The summed E-state index contributed by atoms with van der Waals surface area (Å²) in [5.74, 6) is 0.320. The van der Waals surface area contributed by atoms with Crippen LogP contribution in [-0.4, -0.2) is 17.0 Å². The normalized spacial score (nSPS) is 9.87. The Morgan fingerprint density at radius 2 is 2.13 bits per heavy atom. The minimum absolute atomic E-state index is 0.320. The summed E-state index contributed by atoms with van der Waals surface area (Å²) in [5, 5.41) is 7.33. The van der Waals surface area contributed by atoms with Gasteiger partial charge >= 0.3 is 5.95 Å². The Morgan fingerprint density at radius 1 is 1.33 bits per heavy atom. The second-order valence-corrected chi connectivity index (χ2v) is 2.87. The zero-order chi connectivity index (χ0) is 10.5. The van der Waals surface area contributed by atoms with Gasteiger partial charge in [-0.15, -0.1) is 5.10 Å². The quantitative estimate of drug-likeness (QED) is 0.714. The molecule has 0 unspecified atom stereocenters. The fraction of sp³-hybridized carbons (Fsp3) is 0.0909. The first-order valence-electron chi connectivity index (χ1n) is 4.53. The number of hydrogen-bond acceptors (Lipinski definition) is 4. The highest BCUT2D eigenvalue weighted by molar-refractivity contribution is 5.62. The molecule has 0 bridgehead atoms. The van der Waals surface area contributed by atoms with Crippen molar-refractivity contribution in [2.45, 2.75) is 0 Å². The van der Waals surface area contributed by atoms with Crippen molar-refractivity contribution in [3.63, 3.8) is 0 Å². The molecule has 0 amide bonds. The SMILES string of the molecule is C=CCOc1onnc1-c1ccccc1. The zero-order valence-electron chi connectivity index (χ0n) is 8.09. The van der Waals surface area contributed by atoms with Gasteiger partial charge < -0.3 is 4.74 Å². The van der Waals surface area contributed by atoms with Crippen molar-refractivity contribution in [1.29, 1.82) is 0 Å². The van der Waals surface area contributed by atoms with E-state index in [1.165, 1.54) is 0 Å². The van der Waals surface area contributed by atoms with Crippen molar-refractivity contribution >= 4 is 0 Å². The average Bonchev–Trinajstić information content (AvgIpc) is 2.75. The highest BCUT2D eigenvalue weighted by Gasteiger charge is 2.12. The van der Waals surface area contributed by atoms with Crippen LogP contribution >= 0.6 is 0 Å². The third-order valence-corrected chi connectivity index (χ3v) is 1.84. The van der Waals surface area contributed by atoms with E-state index in [9.17, 15) is 0 Å². The Bertz CT molecular complexity index is 437. The van der Waals surface area contributed by atoms with E-state index in [2.05, 4.69) is 16.9 Å². The van der Waals surface area contributed by atoms with E-state index in [1.807, 2.05) is 30.3 Å². The molecule has 0 fully saturated rings. The van der Waals surface area contributed by atoms with Crippen LogP contribution in [0.4, 0.5) is 0 Å². The van der Waals surface area contributed by atoms with Crippen molar-refractivity contribution in [1.82, 2.24) is 10.4 Å². The average molecular weight is 202 g/mol. The van der Waals surface area contributed by atoms with Crippen molar-refractivity contribution in [3.8, 4) is 17.2 Å². The Kier molecular flexibility index (Phi) is 2.78. The standard InChI is InChI=1S/C11H10N2O2/c1-2-8-14-11-10(12-13-15-11)9-6-4-3-5-7-9/h2-7H,1,8H2. The number of ether oxygens (including phenoxy) is 1. The predicted octanol–water partition coefficient (Wildman–Crippen LogP) is 2.30. The first kappa shape index (κ1) is 9.45. The molecule has 0 saturated heterocycles. The van der Waals surface area contributed by atoms with Crippen molar-refractivity contribution < 1.29 is 9.26 Å². The van der Waals surface area contributed by atoms with Crippen LogP contribution in [0.1, 0.15) is 0 Å². The molecule has 4 nitrogen and oxygen atoms in total. The summed E-state index contributed by atoms with van der Waals surface area (Å²) in [6.07, 6.45) is 1.64. The van der Waals surface area contributed by atoms with E-state index < -0.39 is 0 Å². The van der Waals surface area contributed by atoms with Crippen molar-refractivity contribution in [2.24, 2.45) is 0 Å². The lowest BCUT2D eigenvalue weighted by molar-refractivity contribution is 0.233. The summed E-state index contributed by atoms with van der Waals surface area (Å²) in [6, 6.07) is 9.60. The van der Waals surface area contributed by atoms with Gasteiger partial charge in [0.25, 0.3) is 0 Å². The van der Waals surface area contributed by atoms with Crippen molar-refractivity contribution in [3.05, 3.63) is 43.0 Å². The molecule has 0 saturated carbocycles. The Morgan fingerprint density at radius 3 is 2.87 bits per heavy atom. The lowest BCUT2D eigenvalue weighted by Crippen LogP contribution is -1.93. The molecule has 4 heteroatoms. The number of nitrogens with zero attached hydrogens (tertiary/aromatic N) is 2. The summed E-state index contributed by atoms with van der Waals surface area (Å²) in [6.45, 7) is 3.93. The first-order valence-corrected chi connectivity index (χ1v) is 4.53. The predicted molar refractivity (Wildman–Crippen MR) is 55.4 cm³/mol. The number of aromatic nitrogens is 2. The minimum Gasteiger partial charge on any atom is -0.458 e. The molecule has 0 atom stereocenters. The summed E-state index contributed by atoms with van der Waals surface area (Å²) in [4.78, 5) is 0. The highest BCUT2D eigenvalue weighted by Crippen LogP contribution is 2.26. The van der Waals surface area contributed by atoms with Gasteiger partial charge in [-0.25, -0.2) is 0 Å². The fourth-order valence-electron chi connectivity index (χ4n) is 1.18. The summed E-state index contributed by atoms with van der Waals surface area (Å²) < 4.78 is 10.2. The molecule has 1 aromatic heterocycles. The van der Waals surface area contributed by atoms with Gasteiger partial charge in [-0.1, -0.05) is 43.0 Å². The van der Waals surface area contributed by atoms with E-state index >= 15 is 0 Å². The Labute approximate surface area is 87.2 Å². The molecule has 0 N–H and O–H groups in total. The van der Waals surface area contributed by atoms with E-state index in [0.29, 0.717) is 18.2 Å². The molecule has 0 aliphatic heterocycles. The van der Waals surface area contributed by atoms with Crippen LogP contribution in [0, 0.1) is 0 Å². The van der Waals surface area contributed by atoms with Gasteiger partial charge in [0, 0.05) is 10.8 Å². The van der Waals surface area contributed by atoms with Crippen LogP contribution in [0.15, 0.2) is 47.5 Å². The molecule has 76 valence electrons. The maximum Gasteiger partial charge on any atom is 0.340 e. The van der Waals surface area contributed by atoms with Crippen LogP contribution in [0.25, 0.3) is 11.3 Å². The maximum atomic E-state index is 5.27. The molecule has 2 aromatic rings. The molecule has 0 spiro atoms. The molecule has 1 heterocycles. The minimum atomic E-state index is 0.320. The Hall–Kier alpha value is -2.10. The van der Waals surface area contributed by atoms with Crippen LogP contribution in [0.2, 0.25) is 0 Å². The van der Waals surface area contributed by atoms with Crippen LogP contribution in [0.5, 0.6) is 5.95 Å². The lowest BCUT2D eigenvalue weighted by atomic mass is 10.2. The number of benzene rings is 1. The molecule has 0 radical (unpaired) electrons. The third kappa shape index (κ3) is 2.04. The summed E-state index contributed by atoms with van der Waals surface area (Å²) in [7, 11) is 0. The third-order valence-electron chi connectivity index (χ3n) is 1.84. The highest BCUT2D eigenvalue weighted by atomic mass is 16.6. The molecule has 0 aliphatic rings. The van der Waals surface area contributed by atoms with Gasteiger partial charge in [-0.05, 0) is 0 Å². The van der Waals surface area contributed by atoms with Crippen LogP contribution in [0.3, 0.4) is 0 Å². The fourth-order valence-corrected chi connectivity index (χ4v) is 1.18. The van der Waals surface area contributed by atoms with Crippen LogP contribution < -0.4 is 4.74 Å². The van der Waals surface area contributed by atoms with Crippen molar-refractivity contribution in [2.75, 3.05) is 6.61 Å². The Balaban J connectivity index is 2.29. The van der Waals surface area contributed by atoms with E-state index in [-0.39, 0.29) is 0 Å². The van der Waals surface area contributed by atoms with Gasteiger partial charge in [0.2, 0.25) is 0 Å². The van der Waals surface area contributed by atoms with Gasteiger partial charge in [0.1, 0.15) is 6.61 Å². The summed E-state index contributed by atoms with van der Waals surface area (Å²) >= 11 is 0. The monoisotopic (exact) mass is 202 g/mol. The second kappa shape index (κ2) is 4.41. The molecule has 1 aromatic carbocycles. The second-order valence-electron chi connectivity index (χ2n) is 2.87. The van der Waals surface area contributed by atoms with E-state index in [0.717, 1.165) is 5.56 Å². The molecular weight excluding hydrogens is 192 g/mol. The first-order chi connectivity index (χ1) is 7.42. The van der Waals surface area contributed by atoms with E-state index in [1.54, 1.807) is 6.08 Å². The number of rotatable bonds is 4. The van der Waals surface area contributed by atoms with Gasteiger partial charge in [-0.3, -0.25) is 4.52 Å². The van der Waals surface area contributed by atoms with E-state index in [4.69, 9.17) is 9.26 Å². The smallest absolute Gasteiger partial charge is 0.340 e. The zero-order valence-corrected chi connectivity index (χ0v) is 8.09. The molecule has 0 aliphatic carbocycles. The maximum absolute atomic E-state index is 5.27. The lowest BCUT2D eigenvalue weighted by Gasteiger charge is -1.99. The van der Waals surface area contributed by atoms with Gasteiger partial charge in [0.05, 0.1) is 0 Å². The molecule has 15 heavy (non-hydrogen) atoms. The van der Waals surface area contributed by atoms with Crippen LogP contribution in [-0.2, 0) is 0 Å². The van der Waals surface area contributed by atoms with Gasteiger partial charge in [0.15, 0.2) is 5.69 Å². The molecule has 2 rings (SSSR count). The largest absolute Gasteiger partial charge is 0.458 e. The molecular formula is C11H10N2O2. The van der Waals surface area contributed by atoms with Gasteiger partial charge in [-0.2, -0.15) is 0 Å².